The van der Waals surface area contributed by atoms with Gasteiger partial charge < -0.3 is 0 Å². The van der Waals surface area contributed by atoms with Crippen molar-refractivity contribution in [1.82, 2.24) is 19.7 Å². The molecule has 3 aromatic rings. The Kier molecular flexibility index (Phi) is 6.09. The second-order valence-electron chi connectivity index (χ2n) is 7.33. The highest BCUT2D eigenvalue weighted by molar-refractivity contribution is 8.00. The largest absolute Gasteiger partial charge is 0.298 e. The predicted molar refractivity (Wildman–Crippen MR) is 116 cm³/mol. The molecule has 1 aromatic carbocycles. The number of benzene rings is 1. The van der Waals surface area contributed by atoms with Gasteiger partial charge in [-0.2, -0.15) is 0 Å². The number of nitrogens with zero attached hydrogens (tertiary/aromatic N) is 4. The molecule has 1 aliphatic rings. The fourth-order valence-corrected chi connectivity index (χ4v) is 5.09. The van der Waals surface area contributed by atoms with Crippen molar-refractivity contribution in [2.75, 3.05) is 0 Å². The number of hydrogen-bond donors (Lipinski definition) is 0. The van der Waals surface area contributed by atoms with E-state index >= 15 is 0 Å². The van der Waals surface area contributed by atoms with E-state index in [2.05, 4.69) is 51.8 Å². The van der Waals surface area contributed by atoms with Gasteiger partial charge in [-0.15, -0.1) is 10.2 Å². The minimum Gasteiger partial charge on any atom is -0.298 e. The maximum atomic E-state index is 12.5. The number of carbonyl (C=O) groups excluding carboxylic acids is 1. The molecular formula is C23H26N4OS. The Morgan fingerprint density at radius 2 is 1.86 bits per heavy atom. The van der Waals surface area contributed by atoms with Crippen LogP contribution in [-0.4, -0.2) is 30.8 Å². The minimum atomic E-state index is -0.0349. The van der Waals surface area contributed by atoms with Gasteiger partial charge in [0.05, 0.1) is 10.9 Å². The van der Waals surface area contributed by atoms with E-state index in [0.717, 1.165) is 54.3 Å². The van der Waals surface area contributed by atoms with E-state index in [1.54, 1.807) is 18.0 Å². The first-order chi connectivity index (χ1) is 14.2. The Hall–Kier alpha value is -2.47. The van der Waals surface area contributed by atoms with Crippen LogP contribution in [0.1, 0.15) is 50.7 Å². The summed E-state index contributed by atoms with van der Waals surface area (Å²) in [6.45, 7) is 4.34. The number of carbonyl (C=O) groups is 1. The summed E-state index contributed by atoms with van der Waals surface area (Å²) in [6, 6.07) is 10.4. The van der Waals surface area contributed by atoms with Gasteiger partial charge in [0.1, 0.15) is 5.78 Å². The smallest absolute Gasteiger partial charge is 0.196 e. The molecule has 1 fully saturated rings. The van der Waals surface area contributed by atoms with Gasteiger partial charge in [0.25, 0.3) is 0 Å². The Bertz CT molecular complexity index is 977. The molecule has 1 unspecified atom stereocenters. The number of aryl methyl sites for hydroxylation is 2. The molecule has 1 aliphatic carbocycles. The normalized spacial score (nSPS) is 16.9. The molecule has 29 heavy (non-hydrogen) atoms. The molecule has 4 rings (SSSR count). The van der Waals surface area contributed by atoms with Crippen molar-refractivity contribution in [1.29, 1.82) is 0 Å². The summed E-state index contributed by atoms with van der Waals surface area (Å²) in [7, 11) is 0. The van der Waals surface area contributed by atoms with Crippen molar-refractivity contribution in [3.8, 4) is 17.1 Å². The summed E-state index contributed by atoms with van der Waals surface area (Å²) in [5, 5.41) is 9.85. The number of hydrogen-bond acceptors (Lipinski definition) is 5. The lowest BCUT2D eigenvalue weighted by atomic mass is 9.99. The molecule has 2 aromatic heterocycles. The van der Waals surface area contributed by atoms with Crippen molar-refractivity contribution in [3.05, 3.63) is 53.9 Å². The Morgan fingerprint density at radius 1 is 1.07 bits per heavy atom. The summed E-state index contributed by atoms with van der Waals surface area (Å²) in [5.41, 5.74) is 4.58. The topological polar surface area (TPSA) is 60.7 Å². The third-order valence-electron chi connectivity index (χ3n) is 5.49. The van der Waals surface area contributed by atoms with Crippen LogP contribution in [0.15, 0.2) is 47.9 Å². The Labute approximate surface area is 176 Å². The van der Waals surface area contributed by atoms with Gasteiger partial charge in [-0.05, 0) is 48.9 Å². The van der Waals surface area contributed by atoms with E-state index in [1.807, 2.05) is 18.3 Å². The highest BCUT2D eigenvalue weighted by Crippen LogP contribution is 2.36. The van der Waals surface area contributed by atoms with Crippen LogP contribution in [0, 0.1) is 0 Å². The van der Waals surface area contributed by atoms with E-state index in [0.29, 0.717) is 12.2 Å². The molecule has 0 N–H and O–H groups in total. The number of thioether (sulfide) groups is 1. The van der Waals surface area contributed by atoms with Crippen molar-refractivity contribution >= 4 is 17.5 Å². The first-order valence-corrected chi connectivity index (χ1v) is 11.3. The van der Waals surface area contributed by atoms with Crippen molar-refractivity contribution in [2.45, 2.75) is 62.8 Å². The van der Waals surface area contributed by atoms with Crippen LogP contribution in [0.2, 0.25) is 0 Å². The second-order valence-corrected chi connectivity index (χ2v) is 8.50. The fourth-order valence-electron chi connectivity index (χ4n) is 3.94. The van der Waals surface area contributed by atoms with Crippen molar-refractivity contribution in [3.63, 3.8) is 0 Å². The van der Waals surface area contributed by atoms with Crippen LogP contribution in [0.25, 0.3) is 17.1 Å². The van der Waals surface area contributed by atoms with Crippen LogP contribution in [0.5, 0.6) is 0 Å². The average Bonchev–Trinajstić information content (AvgIpc) is 3.18. The zero-order chi connectivity index (χ0) is 20.2. The average molecular weight is 407 g/mol. The summed E-state index contributed by atoms with van der Waals surface area (Å²) in [5.74, 6) is 1.11. The van der Waals surface area contributed by atoms with Gasteiger partial charge in [0, 0.05) is 24.4 Å². The molecule has 5 nitrogen and oxygen atoms in total. The van der Waals surface area contributed by atoms with Gasteiger partial charge in [0.2, 0.25) is 0 Å². The number of pyridine rings is 1. The predicted octanol–water partition coefficient (Wildman–Crippen LogP) is 5.06. The zero-order valence-electron chi connectivity index (χ0n) is 17.0. The molecule has 6 heteroatoms. The van der Waals surface area contributed by atoms with E-state index in [9.17, 15) is 4.79 Å². The van der Waals surface area contributed by atoms with Gasteiger partial charge in [-0.3, -0.25) is 14.3 Å². The summed E-state index contributed by atoms with van der Waals surface area (Å²) in [4.78, 5) is 16.8. The van der Waals surface area contributed by atoms with Crippen LogP contribution in [0.3, 0.4) is 0 Å². The lowest BCUT2D eigenvalue weighted by Gasteiger charge is -2.21. The van der Waals surface area contributed by atoms with E-state index < -0.39 is 0 Å². The number of para-hydroxylation sites is 1. The van der Waals surface area contributed by atoms with Gasteiger partial charge >= 0.3 is 0 Å². The van der Waals surface area contributed by atoms with Crippen LogP contribution < -0.4 is 0 Å². The van der Waals surface area contributed by atoms with Crippen molar-refractivity contribution < 1.29 is 4.79 Å². The first kappa shape index (κ1) is 19.8. The van der Waals surface area contributed by atoms with Crippen LogP contribution in [0.4, 0.5) is 0 Å². The fraction of sp³-hybridized carbons (Fsp3) is 0.391. The molecule has 150 valence electrons. The highest BCUT2D eigenvalue weighted by atomic mass is 32.2. The Morgan fingerprint density at radius 3 is 2.52 bits per heavy atom. The first-order valence-electron chi connectivity index (χ1n) is 10.4. The monoisotopic (exact) mass is 406 g/mol. The maximum Gasteiger partial charge on any atom is 0.196 e. The van der Waals surface area contributed by atoms with E-state index in [4.69, 9.17) is 0 Å². The van der Waals surface area contributed by atoms with Gasteiger partial charge in [0.15, 0.2) is 11.0 Å². The molecule has 0 spiro atoms. The molecule has 0 aliphatic heterocycles. The SMILES string of the molecule is CCc1cccc(CC)c1-n1c(SC2CCCCC2=O)nnc1-c1cccnc1. The third kappa shape index (κ3) is 3.99. The highest BCUT2D eigenvalue weighted by Gasteiger charge is 2.28. The quantitative estimate of drug-likeness (QED) is 0.573. The Balaban J connectivity index is 1.88. The number of aromatic nitrogens is 4. The van der Waals surface area contributed by atoms with Gasteiger partial charge in [-0.1, -0.05) is 50.2 Å². The molecule has 0 saturated heterocycles. The molecule has 0 amide bonds. The maximum absolute atomic E-state index is 12.5. The molecule has 2 heterocycles. The van der Waals surface area contributed by atoms with Crippen LogP contribution in [-0.2, 0) is 17.6 Å². The number of Topliss-reactive ketones (excluding diaryl/α,β-unsaturated/α-hetero) is 1. The lowest BCUT2D eigenvalue weighted by molar-refractivity contribution is -0.119. The molecule has 0 radical (unpaired) electrons. The standard InChI is InChI=1S/C23H26N4OS/c1-3-16-9-7-10-17(4-2)21(16)27-22(18-11-8-14-24-15-18)25-26-23(27)29-20-13-6-5-12-19(20)28/h7-11,14-15,20H,3-6,12-13H2,1-2H3. The number of rotatable bonds is 6. The molecule has 0 bridgehead atoms. The summed E-state index contributed by atoms with van der Waals surface area (Å²) < 4.78 is 2.15. The van der Waals surface area contributed by atoms with E-state index in [1.165, 1.54) is 11.1 Å². The molecule has 1 saturated carbocycles. The lowest BCUT2D eigenvalue weighted by Crippen LogP contribution is -2.22. The zero-order valence-corrected chi connectivity index (χ0v) is 17.8. The van der Waals surface area contributed by atoms with Crippen molar-refractivity contribution in [2.24, 2.45) is 0 Å². The van der Waals surface area contributed by atoms with Gasteiger partial charge in [-0.25, -0.2) is 0 Å². The van der Waals surface area contributed by atoms with E-state index in [-0.39, 0.29) is 5.25 Å². The number of ketones is 1. The molecule has 1 atom stereocenters. The van der Waals surface area contributed by atoms with Crippen LogP contribution >= 0.6 is 11.8 Å². The summed E-state index contributed by atoms with van der Waals surface area (Å²) in [6.07, 6.45) is 9.10. The summed E-state index contributed by atoms with van der Waals surface area (Å²) >= 11 is 1.57. The second kappa shape index (κ2) is 8.91. The molecular weight excluding hydrogens is 380 g/mol. The minimum absolute atomic E-state index is 0.0349. The third-order valence-corrected chi connectivity index (χ3v) is 6.75.